The highest BCUT2D eigenvalue weighted by molar-refractivity contribution is 9.10. The topological polar surface area (TPSA) is 83.6 Å². The molecule has 3 N–H and O–H groups in total. The number of aliphatic carboxylic acids is 1. The fourth-order valence-electron chi connectivity index (χ4n) is 2.02. The minimum Gasteiger partial charge on any atom is -0.480 e. The summed E-state index contributed by atoms with van der Waals surface area (Å²) in [6.07, 6.45) is 0.182. The van der Waals surface area contributed by atoms with Gasteiger partial charge in [-0.3, -0.25) is 9.59 Å². The van der Waals surface area contributed by atoms with Crippen LogP contribution in [0.4, 0.5) is 4.39 Å². The van der Waals surface area contributed by atoms with Crippen molar-refractivity contribution in [3.8, 4) is 0 Å². The number of likely N-dealkylation sites (tertiary alicyclic amines) is 1. The molecule has 102 valence electrons. The van der Waals surface area contributed by atoms with Crippen molar-refractivity contribution in [1.29, 1.82) is 0 Å². The second-order valence-electron chi connectivity index (χ2n) is 4.54. The summed E-state index contributed by atoms with van der Waals surface area (Å²) in [5, 5.41) is 9.01. The maximum absolute atomic E-state index is 13.4. The fraction of sp³-hybridized carbons (Fsp3) is 0.333. The molecule has 0 aromatic heterocycles. The highest BCUT2D eigenvalue weighted by Crippen LogP contribution is 2.25. The number of halogens is 2. The van der Waals surface area contributed by atoms with E-state index in [0.717, 1.165) is 0 Å². The molecule has 1 amide bonds. The van der Waals surface area contributed by atoms with Crippen LogP contribution in [0, 0.1) is 5.82 Å². The van der Waals surface area contributed by atoms with Crippen molar-refractivity contribution in [2.24, 2.45) is 5.73 Å². The van der Waals surface area contributed by atoms with Gasteiger partial charge in [-0.05, 0) is 34.5 Å². The van der Waals surface area contributed by atoms with Crippen LogP contribution in [-0.4, -0.2) is 40.5 Å². The first-order valence-electron chi connectivity index (χ1n) is 5.61. The zero-order valence-corrected chi connectivity index (χ0v) is 11.5. The molecule has 1 fully saturated rings. The molecule has 0 spiro atoms. The maximum Gasteiger partial charge on any atom is 0.325 e. The molecule has 1 aromatic rings. The Morgan fingerprint density at radius 3 is 2.74 bits per heavy atom. The average Bonchev–Trinajstić information content (AvgIpc) is 2.76. The average molecular weight is 331 g/mol. The number of hydrogen-bond donors (Lipinski definition) is 2. The monoisotopic (exact) mass is 330 g/mol. The number of carbonyl (C=O) groups is 2. The summed E-state index contributed by atoms with van der Waals surface area (Å²) in [4.78, 5) is 24.6. The number of carboxylic acids is 1. The van der Waals surface area contributed by atoms with Crippen LogP contribution in [0.3, 0.4) is 0 Å². The number of benzene rings is 1. The van der Waals surface area contributed by atoms with Gasteiger partial charge in [-0.2, -0.15) is 0 Å². The third-order valence-electron chi connectivity index (χ3n) is 3.20. The van der Waals surface area contributed by atoms with Gasteiger partial charge in [0, 0.05) is 13.1 Å². The summed E-state index contributed by atoms with van der Waals surface area (Å²) in [7, 11) is 0. The molecule has 1 heterocycles. The number of hydrogen-bond acceptors (Lipinski definition) is 3. The molecule has 0 bridgehead atoms. The predicted octanol–water partition coefficient (Wildman–Crippen LogP) is 1.22. The Bertz CT molecular complexity index is 552. The molecule has 19 heavy (non-hydrogen) atoms. The number of carbonyl (C=O) groups excluding carboxylic acids is 1. The standard InChI is InChI=1S/C12H12BrFN2O3/c13-9-7(2-1-3-8(9)14)10(17)16-5-4-12(15,6-16)11(18)19/h1-3H,4-6,15H2,(H,18,19). The number of amides is 1. The smallest absolute Gasteiger partial charge is 0.325 e. The van der Waals surface area contributed by atoms with Crippen molar-refractivity contribution in [2.75, 3.05) is 13.1 Å². The van der Waals surface area contributed by atoms with Gasteiger partial charge in [-0.15, -0.1) is 0 Å². The summed E-state index contributed by atoms with van der Waals surface area (Å²) < 4.78 is 13.4. The Kier molecular flexibility index (Phi) is 3.60. The van der Waals surface area contributed by atoms with Crippen LogP contribution in [0.25, 0.3) is 0 Å². The van der Waals surface area contributed by atoms with Crippen LogP contribution >= 0.6 is 15.9 Å². The lowest BCUT2D eigenvalue weighted by Crippen LogP contribution is -2.50. The van der Waals surface area contributed by atoms with E-state index in [9.17, 15) is 14.0 Å². The van der Waals surface area contributed by atoms with E-state index in [1.165, 1.54) is 23.1 Å². The molecule has 1 unspecified atom stereocenters. The lowest BCUT2D eigenvalue weighted by Gasteiger charge is -2.20. The predicted molar refractivity (Wildman–Crippen MR) is 69.2 cm³/mol. The molecule has 0 aliphatic carbocycles. The van der Waals surface area contributed by atoms with Crippen molar-refractivity contribution < 1.29 is 19.1 Å². The van der Waals surface area contributed by atoms with Gasteiger partial charge < -0.3 is 15.7 Å². The van der Waals surface area contributed by atoms with Crippen molar-refractivity contribution in [1.82, 2.24) is 4.90 Å². The van der Waals surface area contributed by atoms with Gasteiger partial charge in [0.05, 0.1) is 10.0 Å². The van der Waals surface area contributed by atoms with Gasteiger partial charge in [-0.1, -0.05) is 6.07 Å². The molecule has 5 nitrogen and oxygen atoms in total. The molecule has 1 aliphatic heterocycles. The van der Waals surface area contributed by atoms with E-state index in [0.29, 0.717) is 0 Å². The van der Waals surface area contributed by atoms with Crippen LogP contribution in [0.1, 0.15) is 16.8 Å². The summed E-state index contributed by atoms with van der Waals surface area (Å²) in [5.74, 6) is -2.11. The normalized spacial score (nSPS) is 22.6. The summed E-state index contributed by atoms with van der Waals surface area (Å²) in [6.45, 7) is 0.161. The fourth-order valence-corrected chi connectivity index (χ4v) is 2.45. The van der Waals surface area contributed by atoms with Gasteiger partial charge >= 0.3 is 5.97 Å². The van der Waals surface area contributed by atoms with Gasteiger partial charge in [0.2, 0.25) is 0 Å². The Morgan fingerprint density at radius 1 is 1.47 bits per heavy atom. The van der Waals surface area contributed by atoms with Gasteiger partial charge in [-0.25, -0.2) is 4.39 Å². The van der Waals surface area contributed by atoms with E-state index < -0.39 is 23.2 Å². The first kappa shape index (κ1) is 14.0. The first-order chi connectivity index (χ1) is 8.85. The van der Waals surface area contributed by atoms with Crippen molar-refractivity contribution in [2.45, 2.75) is 12.0 Å². The van der Waals surface area contributed by atoms with Crippen LogP contribution in [0.15, 0.2) is 22.7 Å². The van der Waals surface area contributed by atoms with Crippen LogP contribution in [0.5, 0.6) is 0 Å². The minimum absolute atomic E-state index is 0.0739. The van der Waals surface area contributed by atoms with Crippen LogP contribution in [0.2, 0.25) is 0 Å². The molecule has 0 saturated carbocycles. The Hall–Kier alpha value is -1.47. The summed E-state index contributed by atoms with van der Waals surface area (Å²) in [6, 6.07) is 4.14. The lowest BCUT2D eigenvalue weighted by molar-refractivity contribution is -0.142. The van der Waals surface area contributed by atoms with Crippen LogP contribution < -0.4 is 5.73 Å². The van der Waals surface area contributed by atoms with E-state index in [-0.39, 0.29) is 29.5 Å². The van der Waals surface area contributed by atoms with E-state index >= 15 is 0 Å². The molecule has 1 atom stereocenters. The SMILES string of the molecule is NC1(C(=O)O)CCN(C(=O)c2cccc(F)c2Br)C1. The number of rotatable bonds is 2. The van der Waals surface area contributed by atoms with Gasteiger partial charge in [0.15, 0.2) is 0 Å². The number of nitrogens with zero attached hydrogens (tertiary/aromatic N) is 1. The molecule has 0 radical (unpaired) electrons. The summed E-state index contributed by atoms with van der Waals surface area (Å²) in [5.41, 5.74) is 4.44. The zero-order valence-electron chi connectivity index (χ0n) is 9.90. The van der Waals surface area contributed by atoms with E-state index in [1.54, 1.807) is 0 Å². The highest BCUT2D eigenvalue weighted by atomic mass is 79.9. The Morgan fingerprint density at radius 2 is 2.16 bits per heavy atom. The Balaban J connectivity index is 2.23. The number of carboxylic acid groups (broad SMARTS) is 1. The molecule has 1 saturated heterocycles. The molecular formula is C12H12BrFN2O3. The molecule has 1 aromatic carbocycles. The molecule has 1 aliphatic rings. The third kappa shape index (κ3) is 2.48. The van der Waals surface area contributed by atoms with Crippen molar-refractivity contribution in [3.05, 3.63) is 34.1 Å². The maximum atomic E-state index is 13.4. The van der Waals surface area contributed by atoms with Crippen molar-refractivity contribution >= 4 is 27.8 Å². The largest absolute Gasteiger partial charge is 0.480 e. The summed E-state index contributed by atoms with van der Waals surface area (Å²) >= 11 is 3.02. The van der Waals surface area contributed by atoms with Gasteiger partial charge in [0.25, 0.3) is 5.91 Å². The van der Waals surface area contributed by atoms with Crippen LogP contribution in [-0.2, 0) is 4.79 Å². The second-order valence-corrected chi connectivity index (χ2v) is 5.33. The number of nitrogens with two attached hydrogens (primary N) is 1. The quantitative estimate of drug-likeness (QED) is 0.853. The minimum atomic E-state index is -1.42. The van der Waals surface area contributed by atoms with Crippen molar-refractivity contribution in [3.63, 3.8) is 0 Å². The first-order valence-corrected chi connectivity index (χ1v) is 6.40. The van der Waals surface area contributed by atoms with E-state index in [1.807, 2.05) is 0 Å². The van der Waals surface area contributed by atoms with Gasteiger partial charge in [0.1, 0.15) is 11.4 Å². The molecule has 2 rings (SSSR count). The van der Waals surface area contributed by atoms with E-state index in [4.69, 9.17) is 10.8 Å². The second kappa shape index (κ2) is 4.90. The molecule has 7 heteroatoms. The lowest BCUT2D eigenvalue weighted by atomic mass is 10.0. The van der Waals surface area contributed by atoms with E-state index in [2.05, 4.69) is 15.9 Å². The Labute approximate surface area is 117 Å². The highest BCUT2D eigenvalue weighted by Gasteiger charge is 2.43. The third-order valence-corrected chi connectivity index (χ3v) is 4.00. The molecular weight excluding hydrogens is 319 g/mol. The zero-order chi connectivity index (χ0) is 14.2.